The molecule has 0 saturated carbocycles. The van der Waals surface area contributed by atoms with E-state index in [1.807, 2.05) is 36.4 Å². The number of rotatable bonds is 5. The molecular weight excluding hydrogens is 738 g/mol. The van der Waals surface area contributed by atoms with E-state index in [0.717, 1.165) is 61.6 Å². The molecule has 292 valence electrons. The molecule has 0 bridgehead atoms. The van der Waals surface area contributed by atoms with Gasteiger partial charge in [0.15, 0.2) is 11.6 Å². The molecule has 0 radical (unpaired) electrons. The van der Waals surface area contributed by atoms with Gasteiger partial charge in [-0.25, -0.2) is 9.37 Å². The van der Waals surface area contributed by atoms with E-state index in [4.69, 9.17) is 15.0 Å². The predicted molar refractivity (Wildman–Crippen MR) is 245 cm³/mol. The molecule has 7 aromatic carbocycles. The van der Waals surface area contributed by atoms with E-state index < -0.39 is 0 Å². The van der Waals surface area contributed by atoms with Gasteiger partial charge in [0, 0.05) is 38.4 Å². The molecule has 1 unspecified atom stereocenters. The molecule has 1 aliphatic carbocycles. The minimum atomic E-state index is -0.349. The predicted octanol–water partition coefficient (Wildman–Crippen LogP) is 13.8. The SMILES string of the molecule is CC1CC(C)(C)c2cc(-n3c4ccccc4c4cc5c6ccccc6n(-c6nc(-c7cccc(F)c7)nc(-c7cccc(-c8ccccc8)c7)n6)c5cc43)ccc2C1(C)C. The van der Waals surface area contributed by atoms with Crippen molar-refractivity contribution in [3.8, 4) is 45.5 Å². The Bertz CT molecular complexity index is 3330. The van der Waals surface area contributed by atoms with Crippen LogP contribution in [0.2, 0.25) is 0 Å². The van der Waals surface area contributed by atoms with Crippen LogP contribution in [0.4, 0.5) is 4.39 Å². The molecule has 0 saturated heterocycles. The second kappa shape index (κ2) is 13.3. The number of hydrogen-bond acceptors (Lipinski definition) is 3. The van der Waals surface area contributed by atoms with E-state index in [-0.39, 0.29) is 16.6 Å². The maximum Gasteiger partial charge on any atom is 0.238 e. The monoisotopic (exact) mass is 781 g/mol. The minimum Gasteiger partial charge on any atom is -0.309 e. The Balaban J connectivity index is 1.19. The van der Waals surface area contributed by atoms with E-state index in [0.29, 0.717) is 29.1 Å². The average Bonchev–Trinajstić information content (AvgIpc) is 3.77. The second-order valence-electron chi connectivity index (χ2n) is 17.8. The summed E-state index contributed by atoms with van der Waals surface area (Å²) in [4.78, 5) is 15.4. The summed E-state index contributed by atoms with van der Waals surface area (Å²) in [5, 5.41) is 4.58. The van der Waals surface area contributed by atoms with Crippen molar-refractivity contribution in [2.45, 2.75) is 51.9 Å². The van der Waals surface area contributed by atoms with Gasteiger partial charge >= 0.3 is 0 Å². The lowest BCUT2D eigenvalue weighted by atomic mass is 9.58. The van der Waals surface area contributed by atoms with Gasteiger partial charge in [-0.3, -0.25) is 4.57 Å². The second-order valence-corrected chi connectivity index (χ2v) is 17.8. The molecule has 1 atom stereocenters. The van der Waals surface area contributed by atoms with Gasteiger partial charge in [0.1, 0.15) is 5.82 Å². The van der Waals surface area contributed by atoms with Gasteiger partial charge in [0.05, 0.1) is 22.1 Å². The van der Waals surface area contributed by atoms with Gasteiger partial charge in [-0.15, -0.1) is 0 Å². The molecule has 11 rings (SSSR count). The number of nitrogens with zero attached hydrogens (tertiary/aromatic N) is 5. The van der Waals surface area contributed by atoms with E-state index in [1.165, 1.54) is 34.0 Å². The summed E-state index contributed by atoms with van der Waals surface area (Å²) in [5.74, 6) is 1.59. The summed E-state index contributed by atoms with van der Waals surface area (Å²) in [7, 11) is 0. The van der Waals surface area contributed by atoms with Crippen molar-refractivity contribution in [3.05, 3.63) is 175 Å². The average molecular weight is 782 g/mol. The van der Waals surface area contributed by atoms with Crippen molar-refractivity contribution in [3.63, 3.8) is 0 Å². The van der Waals surface area contributed by atoms with Gasteiger partial charge in [0.2, 0.25) is 5.95 Å². The zero-order valence-electron chi connectivity index (χ0n) is 34.4. The van der Waals surface area contributed by atoms with E-state index in [1.54, 1.807) is 6.07 Å². The first kappa shape index (κ1) is 36.2. The van der Waals surface area contributed by atoms with Crippen LogP contribution in [0.3, 0.4) is 0 Å². The Morgan fingerprint density at radius 1 is 0.483 bits per heavy atom. The van der Waals surface area contributed by atoms with Gasteiger partial charge in [-0.2, -0.15) is 9.97 Å². The lowest BCUT2D eigenvalue weighted by molar-refractivity contribution is 0.233. The number of benzene rings is 7. The summed E-state index contributed by atoms with van der Waals surface area (Å²) < 4.78 is 19.4. The molecular formula is C54H44FN5. The first-order valence-electron chi connectivity index (χ1n) is 20.9. The van der Waals surface area contributed by atoms with Crippen molar-refractivity contribution >= 4 is 43.6 Å². The van der Waals surface area contributed by atoms with Gasteiger partial charge in [-0.05, 0) is 100 Å². The maximum absolute atomic E-state index is 14.8. The Kier molecular flexibility index (Phi) is 8.02. The molecule has 3 heterocycles. The van der Waals surface area contributed by atoms with Crippen LogP contribution in [-0.2, 0) is 10.8 Å². The lowest BCUT2D eigenvalue weighted by Gasteiger charge is -2.46. The highest BCUT2D eigenvalue weighted by Gasteiger charge is 2.42. The molecule has 10 aromatic rings. The zero-order valence-corrected chi connectivity index (χ0v) is 34.4. The quantitative estimate of drug-likeness (QED) is 0.175. The zero-order chi connectivity index (χ0) is 40.9. The Hall–Kier alpha value is -6.92. The van der Waals surface area contributed by atoms with Crippen LogP contribution in [0.15, 0.2) is 158 Å². The van der Waals surface area contributed by atoms with Crippen LogP contribution in [-0.4, -0.2) is 24.1 Å². The fourth-order valence-corrected chi connectivity index (χ4v) is 9.93. The summed E-state index contributed by atoms with van der Waals surface area (Å²) in [6, 6.07) is 54.0. The highest BCUT2D eigenvalue weighted by molar-refractivity contribution is 6.19. The van der Waals surface area contributed by atoms with Crippen LogP contribution < -0.4 is 0 Å². The molecule has 0 amide bonds. The van der Waals surface area contributed by atoms with Crippen LogP contribution >= 0.6 is 0 Å². The van der Waals surface area contributed by atoms with E-state index in [9.17, 15) is 4.39 Å². The van der Waals surface area contributed by atoms with Crippen LogP contribution in [0.5, 0.6) is 0 Å². The van der Waals surface area contributed by atoms with Crippen LogP contribution in [0.25, 0.3) is 89.2 Å². The molecule has 6 heteroatoms. The van der Waals surface area contributed by atoms with Crippen molar-refractivity contribution in [1.82, 2.24) is 24.1 Å². The van der Waals surface area contributed by atoms with E-state index in [2.05, 4.69) is 147 Å². The van der Waals surface area contributed by atoms with Crippen molar-refractivity contribution in [2.75, 3.05) is 0 Å². The molecule has 1 aliphatic rings. The summed E-state index contributed by atoms with van der Waals surface area (Å²) >= 11 is 0. The highest BCUT2D eigenvalue weighted by atomic mass is 19.1. The smallest absolute Gasteiger partial charge is 0.238 e. The van der Waals surface area contributed by atoms with Gasteiger partial charge < -0.3 is 4.57 Å². The Morgan fingerprint density at radius 3 is 1.77 bits per heavy atom. The summed E-state index contributed by atoms with van der Waals surface area (Å²) in [6.07, 6.45) is 1.13. The number of halogens is 1. The first-order chi connectivity index (χ1) is 29.0. The molecule has 60 heavy (non-hydrogen) atoms. The van der Waals surface area contributed by atoms with Crippen LogP contribution in [0.1, 0.15) is 52.2 Å². The number of aromatic nitrogens is 5. The first-order valence-corrected chi connectivity index (χ1v) is 20.9. The topological polar surface area (TPSA) is 48.5 Å². The third kappa shape index (κ3) is 5.61. The van der Waals surface area contributed by atoms with Crippen molar-refractivity contribution in [1.29, 1.82) is 0 Å². The maximum atomic E-state index is 14.8. The summed E-state index contributed by atoms with van der Waals surface area (Å²) in [6.45, 7) is 12.0. The van der Waals surface area contributed by atoms with Crippen molar-refractivity contribution in [2.24, 2.45) is 5.92 Å². The fourth-order valence-electron chi connectivity index (χ4n) is 9.93. The van der Waals surface area contributed by atoms with E-state index >= 15 is 0 Å². The fraction of sp³-hybridized carbons (Fsp3) is 0.167. The molecule has 3 aromatic heterocycles. The molecule has 0 fully saturated rings. The molecule has 0 N–H and O–H groups in total. The number of para-hydroxylation sites is 2. The third-order valence-electron chi connectivity index (χ3n) is 13.3. The molecule has 5 nitrogen and oxygen atoms in total. The number of fused-ring (bicyclic) bond motifs is 7. The minimum absolute atomic E-state index is 0.0368. The van der Waals surface area contributed by atoms with Gasteiger partial charge in [-0.1, -0.05) is 138 Å². The van der Waals surface area contributed by atoms with Gasteiger partial charge in [0.25, 0.3) is 0 Å². The third-order valence-corrected chi connectivity index (χ3v) is 13.3. The molecule has 0 spiro atoms. The highest BCUT2D eigenvalue weighted by Crippen LogP contribution is 2.50. The lowest BCUT2D eigenvalue weighted by Crippen LogP contribution is -2.40. The van der Waals surface area contributed by atoms with Crippen molar-refractivity contribution < 1.29 is 4.39 Å². The normalized spacial score (nSPS) is 15.9. The Morgan fingerprint density at radius 2 is 1.07 bits per heavy atom. The van der Waals surface area contributed by atoms with Crippen LogP contribution in [0, 0.1) is 11.7 Å². The molecule has 0 aliphatic heterocycles. The standard InChI is InChI=1S/C54H44FN5/c1-33-32-53(2,3)45-29-39(25-26-44(45)54(33,4)5)59-46-23-11-9-21-40(46)42-30-43-41-22-10-12-24-47(41)60(49(43)31-48(42)59)52-57-50(56-51(58-52)37-19-14-20-38(55)28-37)36-18-13-17-35(27-36)34-15-7-6-8-16-34/h6-31,33H,32H2,1-5H3. The number of hydrogen-bond donors (Lipinski definition) is 0. The Labute approximate surface area is 348 Å². The largest absolute Gasteiger partial charge is 0.309 e. The summed E-state index contributed by atoms with van der Waals surface area (Å²) in [5.41, 5.74) is 11.9.